The molecule has 0 atom stereocenters. The number of para-hydroxylation sites is 2. The van der Waals surface area contributed by atoms with Crippen molar-refractivity contribution in [1.29, 1.82) is 0 Å². The third kappa shape index (κ3) is 5.97. The molecule has 0 radical (unpaired) electrons. The number of hydrogen-bond acceptors (Lipinski definition) is 2. The predicted molar refractivity (Wildman–Crippen MR) is 152 cm³/mol. The summed E-state index contributed by atoms with van der Waals surface area (Å²) in [6, 6.07) is 35.6. The molecule has 5 aromatic rings. The second-order valence-corrected chi connectivity index (χ2v) is 9.84. The number of benzene rings is 4. The fourth-order valence-corrected chi connectivity index (χ4v) is 4.69. The highest BCUT2D eigenvalue weighted by Crippen LogP contribution is 2.21. The third-order valence-corrected chi connectivity index (χ3v) is 6.82. The first-order valence-corrected chi connectivity index (χ1v) is 13.0. The van der Waals surface area contributed by atoms with Crippen LogP contribution in [0.3, 0.4) is 0 Å². The minimum atomic E-state index is 0.0272. The van der Waals surface area contributed by atoms with Crippen LogP contribution in [0.15, 0.2) is 103 Å². The molecule has 4 aromatic carbocycles. The van der Waals surface area contributed by atoms with E-state index < -0.39 is 0 Å². The van der Waals surface area contributed by atoms with E-state index in [1.807, 2.05) is 36.4 Å². The van der Waals surface area contributed by atoms with Gasteiger partial charge in [-0.3, -0.25) is 4.79 Å². The van der Waals surface area contributed by atoms with Gasteiger partial charge in [0.2, 0.25) is 5.91 Å². The van der Waals surface area contributed by atoms with Crippen molar-refractivity contribution in [2.75, 3.05) is 6.54 Å². The monoisotopic (exact) mass is 487 g/mol. The summed E-state index contributed by atoms with van der Waals surface area (Å²) in [7, 11) is 0. The number of rotatable bonds is 9. The Balaban J connectivity index is 1.22. The molecule has 1 aromatic heterocycles. The van der Waals surface area contributed by atoms with Gasteiger partial charge in [0.1, 0.15) is 5.82 Å². The van der Waals surface area contributed by atoms with Gasteiger partial charge < -0.3 is 9.88 Å². The van der Waals surface area contributed by atoms with E-state index in [-0.39, 0.29) is 5.91 Å². The molecule has 0 aliphatic rings. The van der Waals surface area contributed by atoms with Gasteiger partial charge >= 0.3 is 0 Å². The summed E-state index contributed by atoms with van der Waals surface area (Å²) in [5.41, 5.74) is 8.04. The van der Waals surface area contributed by atoms with Crippen molar-refractivity contribution >= 4 is 16.9 Å². The maximum Gasteiger partial charge on any atom is 0.224 e. The summed E-state index contributed by atoms with van der Waals surface area (Å²) in [6.07, 6.45) is 1.05. The van der Waals surface area contributed by atoms with Gasteiger partial charge in [0.25, 0.3) is 0 Å². The Morgan fingerprint density at radius 2 is 1.43 bits per heavy atom. The minimum absolute atomic E-state index is 0.0272. The van der Waals surface area contributed by atoms with E-state index in [2.05, 4.69) is 90.5 Å². The molecule has 0 fully saturated rings. The Bertz CT molecular complexity index is 1470. The number of fused-ring (bicyclic) bond motifs is 1. The molecule has 0 bridgehead atoms. The number of amides is 1. The van der Waals surface area contributed by atoms with E-state index in [9.17, 15) is 4.79 Å². The van der Waals surface area contributed by atoms with Crippen molar-refractivity contribution in [3.05, 3.63) is 126 Å². The van der Waals surface area contributed by atoms with Crippen molar-refractivity contribution < 1.29 is 4.79 Å². The fourth-order valence-electron chi connectivity index (χ4n) is 4.69. The molecule has 186 valence electrons. The van der Waals surface area contributed by atoms with Crippen LogP contribution in [0.2, 0.25) is 0 Å². The number of nitrogens with one attached hydrogen (secondary N) is 1. The highest BCUT2D eigenvalue weighted by atomic mass is 16.1. The minimum Gasteiger partial charge on any atom is -0.355 e. The number of carbonyl (C=O) groups excluding carboxylic acids is 1. The molecule has 0 aliphatic carbocycles. The van der Waals surface area contributed by atoms with E-state index in [0.717, 1.165) is 34.5 Å². The Morgan fingerprint density at radius 3 is 2.16 bits per heavy atom. The maximum absolute atomic E-state index is 12.7. The molecule has 1 heterocycles. The first kappa shape index (κ1) is 24.5. The normalized spacial score (nSPS) is 11.2. The van der Waals surface area contributed by atoms with Crippen LogP contribution in [-0.2, 0) is 24.2 Å². The highest BCUT2D eigenvalue weighted by molar-refractivity contribution is 5.79. The lowest BCUT2D eigenvalue weighted by molar-refractivity contribution is -0.120. The Morgan fingerprint density at radius 1 is 0.784 bits per heavy atom. The molecule has 4 heteroatoms. The summed E-state index contributed by atoms with van der Waals surface area (Å²) >= 11 is 0. The zero-order chi connectivity index (χ0) is 25.6. The Kier molecular flexibility index (Phi) is 7.46. The van der Waals surface area contributed by atoms with Crippen molar-refractivity contribution in [3.8, 4) is 11.1 Å². The highest BCUT2D eigenvalue weighted by Gasteiger charge is 2.12. The smallest absolute Gasteiger partial charge is 0.224 e. The summed E-state index contributed by atoms with van der Waals surface area (Å²) < 4.78 is 2.27. The van der Waals surface area contributed by atoms with E-state index >= 15 is 0 Å². The molecule has 0 saturated carbocycles. The number of nitrogens with zero attached hydrogens (tertiary/aromatic N) is 2. The van der Waals surface area contributed by atoms with E-state index in [1.165, 1.54) is 16.7 Å². The summed E-state index contributed by atoms with van der Waals surface area (Å²) in [4.78, 5) is 17.5. The van der Waals surface area contributed by atoms with Crippen molar-refractivity contribution in [3.63, 3.8) is 0 Å². The molecule has 37 heavy (non-hydrogen) atoms. The average Bonchev–Trinajstić information content (AvgIpc) is 3.27. The molecular weight excluding hydrogens is 454 g/mol. The quantitative estimate of drug-likeness (QED) is 0.249. The summed E-state index contributed by atoms with van der Waals surface area (Å²) in [5.74, 6) is 1.53. The lowest BCUT2D eigenvalue weighted by atomic mass is 10.0. The first-order valence-electron chi connectivity index (χ1n) is 13.0. The Hall–Kier alpha value is -4.18. The van der Waals surface area contributed by atoms with Crippen LogP contribution in [0.25, 0.3) is 22.2 Å². The standard InChI is InChI=1S/C33H33N3O/c1-24(2)27-16-14-26(15-17-27)23-36-31-11-7-6-10-30(31)35-32(36)20-21-34-33(37)22-25-12-18-29(19-13-25)28-8-4-3-5-9-28/h3-19,24H,20-23H2,1-2H3,(H,34,37). The van der Waals surface area contributed by atoms with Gasteiger partial charge in [-0.25, -0.2) is 4.98 Å². The van der Waals surface area contributed by atoms with E-state index in [1.54, 1.807) is 0 Å². The number of imidazole rings is 1. The first-order chi connectivity index (χ1) is 18.1. The van der Waals surface area contributed by atoms with Crippen molar-refractivity contribution in [2.24, 2.45) is 0 Å². The van der Waals surface area contributed by atoms with Crippen LogP contribution in [0.5, 0.6) is 0 Å². The molecule has 4 nitrogen and oxygen atoms in total. The average molecular weight is 488 g/mol. The van der Waals surface area contributed by atoms with Crippen LogP contribution in [0.1, 0.15) is 42.3 Å². The van der Waals surface area contributed by atoms with Crippen LogP contribution < -0.4 is 5.32 Å². The van der Waals surface area contributed by atoms with Gasteiger partial charge in [-0.1, -0.05) is 105 Å². The predicted octanol–water partition coefficient (Wildman–Crippen LogP) is 6.78. The third-order valence-electron chi connectivity index (χ3n) is 6.82. The Labute approximate surface area is 219 Å². The molecule has 0 spiro atoms. The van der Waals surface area contributed by atoms with Crippen LogP contribution in [-0.4, -0.2) is 22.0 Å². The number of hydrogen-bond donors (Lipinski definition) is 1. The zero-order valence-electron chi connectivity index (χ0n) is 21.5. The van der Waals surface area contributed by atoms with Gasteiger partial charge in [-0.2, -0.15) is 0 Å². The van der Waals surface area contributed by atoms with Crippen LogP contribution >= 0.6 is 0 Å². The van der Waals surface area contributed by atoms with Gasteiger partial charge in [0.15, 0.2) is 0 Å². The summed E-state index contributed by atoms with van der Waals surface area (Å²) in [5, 5.41) is 3.09. The fraction of sp³-hybridized carbons (Fsp3) is 0.212. The van der Waals surface area contributed by atoms with Gasteiger partial charge in [0.05, 0.1) is 17.5 Å². The largest absolute Gasteiger partial charge is 0.355 e. The SMILES string of the molecule is CC(C)c1ccc(Cn2c(CCNC(=O)Cc3ccc(-c4ccccc4)cc3)nc3ccccc32)cc1. The lowest BCUT2D eigenvalue weighted by Gasteiger charge is -2.12. The summed E-state index contributed by atoms with van der Waals surface area (Å²) in [6.45, 7) is 5.74. The van der Waals surface area contributed by atoms with Gasteiger partial charge in [-0.05, 0) is 45.9 Å². The van der Waals surface area contributed by atoms with Crippen LogP contribution in [0, 0.1) is 0 Å². The van der Waals surface area contributed by atoms with E-state index in [0.29, 0.717) is 25.3 Å². The van der Waals surface area contributed by atoms with Gasteiger partial charge in [0, 0.05) is 19.5 Å². The van der Waals surface area contributed by atoms with E-state index in [4.69, 9.17) is 4.98 Å². The van der Waals surface area contributed by atoms with Crippen LogP contribution in [0.4, 0.5) is 0 Å². The molecule has 5 rings (SSSR count). The van der Waals surface area contributed by atoms with Crippen molar-refractivity contribution in [1.82, 2.24) is 14.9 Å². The lowest BCUT2D eigenvalue weighted by Crippen LogP contribution is -2.28. The molecule has 1 amide bonds. The number of aromatic nitrogens is 2. The molecule has 0 aliphatic heterocycles. The van der Waals surface area contributed by atoms with Gasteiger partial charge in [-0.15, -0.1) is 0 Å². The molecule has 1 N–H and O–H groups in total. The molecular formula is C33H33N3O. The topological polar surface area (TPSA) is 46.9 Å². The second-order valence-electron chi connectivity index (χ2n) is 9.84. The molecule has 0 saturated heterocycles. The van der Waals surface area contributed by atoms with Crippen molar-refractivity contribution in [2.45, 2.75) is 39.2 Å². The second kappa shape index (κ2) is 11.3. The maximum atomic E-state index is 12.7. The zero-order valence-corrected chi connectivity index (χ0v) is 21.5. The number of carbonyl (C=O) groups is 1. The molecule has 0 unspecified atom stereocenters.